The van der Waals surface area contributed by atoms with Gasteiger partial charge in [0.15, 0.2) is 5.25 Å². The molecule has 0 radical (unpaired) electrons. The highest BCUT2D eigenvalue weighted by Crippen LogP contribution is 2.25. The molecule has 1 saturated heterocycles. The van der Waals surface area contributed by atoms with Crippen molar-refractivity contribution in [2.45, 2.75) is 36.3 Å². The van der Waals surface area contributed by atoms with Gasteiger partial charge in [0.1, 0.15) is 35.9 Å². The number of ether oxygens (including phenoxy) is 1. The molecular formula is C16H24ClO6S+. The quantitative estimate of drug-likeness (QED) is 0.382. The summed E-state index contributed by atoms with van der Waals surface area (Å²) in [5.41, 5.74) is 0.829. The molecule has 1 aliphatic heterocycles. The van der Waals surface area contributed by atoms with Crippen molar-refractivity contribution < 1.29 is 30.3 Å². The van der Waals surface area contributed by atoms with Crippen LogP contribution in [0.2, 0.25) is 5.02 Å². The number of halogens is 1. The molecule has 0 bridgehead atoms. The molecule has 0 aliphatic carbocycles. The monoisotopic (exact) mass is 379 g/mol. The molecule has 1 unspecified atom stereocenters. The SMILES string of the molecule is OC[C@H](OCc1cccc(Cl)c1)[C@H](O)C[S+]1C[C@@H](O)[C@H](O)[C@H]1CO. The van der Waals surface area contributed by atoms with E-state index in [0.29, 0.717) is 10.8 Å². The molecule has 1 aromatic carbocycles. The molecule has 136 valence electrons. The zero-order valence-electron chi connectivity index (χ0n) is 13.2. The van der Waals surface area contributed by atoms with Crippen molar-refractivity contribution in [2.75, 3.05) is 24.7 Å². The van der Waals surface area contributed by atoms with Gasteiger partial charge >= 0.3 is 0 Å². The standard InChI is InChI=1S/C16H24ClO6S/c17-11-3-1-2-10(4-11)7-23-14(5-18)12(20)8-24-9-13(21)16(22)15(24)6-19/h1-4,12-16,18-22H,5-9H2/q+1/t12-,13-,14+,15-,16+,24?/m1/s1. The fourth-order valence-corrected chi connectivity index (χ4v) is 5.65. The molecule has 5 N–H and O–H groups in total. The molecule has 1 heterocycles. The van der Waals surface area contributed by atoms with Gasteiger partial charge in [-0.3, -0.25) is 0 Å². The third-order valence-corrected chi connectivity index (χ3v) is 7.17. The Bertz CT molecular complexity index is 519. The molecule has 0 aromatic heterocycles. The van der Waals surface area contributed by atoms with Crippen LogP contribution in [0.5, 0.6) is 0 Å². The predicted molar refractivity (Wildman–Crippen MR) is 93.1 cm³/mol. The second-order valence-electron chi connectivity index (χ2n) is 5.88. The second kappa shape index (κ2) is 9.35. The molecule has 0 saturated carbocycles. The Morgan fingerprint density at radius 3 is 2.67 bits per heavy atom. The van der Waals surface area contributed by atoms with E-state index in [2.05, 4.69) is 0 Å². The summed E-state index contributed by atoms with van der Waals surface area (Å²) in [7, 11) is -0.542. The first-order valence-electron chi connectivity index (χ1n) is 7.74. The zero-order valence-corrected chi connectivity index (χ0v) is 14.7. The van der Waals surface area contributed by atoms with E-state index in [1.807, 2.05) is 6.07 Å². The van der Waals surface area contributed by atoms with Gasteiger partial charge in [-0.15, -0.1) is 0 Å². The first-order chi connectivity index (χ1) is 11.5. The van der Waals surface area contributed by atoms with E-state index in [1.165, 1.54) is 0 Å². The zero-order chi connectivity index (χ0) is 17.7. The summed E-state index contributed by atoms with van der Waals surface area (Å²) >= 11 is 5.91. The van der Waals surface area contributed by atoms with Crippen LogP contribution >= 0.6 is 11.6 Å². The first-order valence-corrected chi connectivity index (χ1v) is 9.75. The van der Waals surface area contributed by atoms with E-state index in [4.69, 9.17) is 16.3 Å². The molecule has 0 amide bonds. The predicted octanol–water partition coefficient (Wildman–Crippen LogP) is -0.707. The summed E-state index contributed by atoms with van der Waals surface area (Å²) in [6.45, 7) is -0.402. The van der Waals surface area contributed by atoms with Crippen molar-refractivity contribution in [2.24, 2.45) is 0 Å². The Morgan fingerprint density at radius 2 is 2.04 bits per heavy atom. The maximum atomic E-state index is 10.3. The fraction of sp³-hybridized carbons (Fsp3) is 0.625. The smallest absolute Gasteiger partial charge is 0.169 e. The van der Waals surface area contributed by atoms with E-state index >= 15 is 0 Å². The lowest BCUT2D eigenvalue weighted by Crippen LogP contribution is -2.42. The Labute approximate surface area is 149 Å². The molecule has 24 heavy (non-hydrogen) atoms. The molecule has 6 nitrogen and oxygen atoms in total. The number of benzene rings is 1. The third-order valence-electron chi connectivity index (χ3n) is 4.12. The molecule has 1 aliphatic rings. The van der Waals surface area contributed by atoms with Crippen molar-refractivity contribution in [1.82, 2.24) is 0 Å². The minimum Gasteiger partial charge on any atom is -0.394 e. The van der Waals surface area contributed by atoms with E-state index in [1.54, 1.807) is 18.2 Å². The number of rotatable bonds is 8. The Kier molecular flexibility index (Phi) is 7.77. The summed E-state index contributed by atoms with van der Waals surface area (Å²) < 4.78 is 5.59. The number of aliphatic hydroxyl groups excluding tert-OH is 5. The molecule has 6 atom stereocenters. The van der Waals surface area contributed by atoms with Crippen LogP contribution in [-0.2, 0) is 22.2 Å². The summed E-state index contributed by atoms with van der Waals surface area (Å²) in [6.07, 6.45) is -3.61. The van der Waals surface area contributed by atoms with Gasteiger partial charge in [0.05, 0.1) is 19.8 Å². The van der Waals surface area contributed by atoms with Crippen molar-refractivity contribution >= 4 is 22.5 Å². The molecule has 2 rings (SSSR count). The minimum absolute atomic E-state index is 0.200. The van der Waals surface area contributed by atoms with E-state index < -0.39 is 40.6 Å². The lowest BCUT2D eigenvalue weighted by atomic mass is 10.2. The summed E-state index contributed by atoms with van der Waals surface area (Å²) in [6, 6.07) is 7.12. The summed E-state index contributed by atoms with van der Waals surface area (Å²) in [4.78, 5) is 0. The first kappa shape index (κ1) is 19.9. The average molecular weight is 380 g/mol. The van der Waals surface area contributed by atoms with Crippen LogP contribution in [0.1, 0.15) is 5.56 Å². The fourth-order valence-electron chi connectivity index (χ4n) is 2.73. The highest BCUT2D eigenvalue weighted by atomic mass is 35.5. The highest BCUT2D eigenvalue weighted by molar-refractivity contribution is 7.97. The van der Waals surface area contributed by atoms with Crippen LogP contribution in [0.4, 0.5) is 0 Å². The van der Waals surface area contributed by atoms with Crippen molar-refractivity contribution in [3.05, 3.63) is 34.9 Å². The van der Waals surface area contributed by atoms with Gasteiger partial charge in [0.2, 0.25) is 0 Å². The maximum Gasteiger partial charge on any atom is 0.169 e. The van der Waals surface area contributed by atoms with E-state index in [0.717, 1.165) is 5.56 Å². The summed E-state index contributed by atoms with van der Waals surface area (Å²) in [5, 5.41) is 48.9. The van der Waals surface area contributed by atoms with Crippen LogP contribution in [-0.4, -0.2) is 79.9 Å². The van der Waals surface area contributed by atoms with E-state index in [-0.39, 0.29) is 25.6 Å². The van der Waals surface area contributed by atoms with Crippen molar-refractivity contribution in [1.29, 1.82) is 0 Å². The minimum atomic E-state index is -0.981. The topological polar surface area (TPSA) is 110 Å². The van der Waals surface area contributed by atoms with Crippen LogP contribution in [0.3, 0.4) is 0 Å². The largest absolute Gasteiger partial charge is 0.394 e. The van der Waals surface area contributed by atoms with Crippen LogP contribution in [0.15, 0.2) is 24.3 Å². The number of hydrogen-bond acceptors (Lipinski definition) is 6. The molecular weight excluding hydrogens is 356 g/mol. The Hall–Kier alpha value is -0.380. The number of hydrogen-bond donors (Lipinski definition) is 5. The Balaban J connectivity index is 1.90. The maximum absolute atomic E-state index is 10.3. The van der Waals surface area contributed by atoms with Gasteiger partial charge in [0.25, 0.3) is 0 Å². The molecule has 8 heteroatoms. The normalized spacial score (nSPS) is 29.6. The van der Waals surface area contributed by atoms with Gasteiger partial charge in [-0.2, -0.15) is 0 Å². The van der Waals surface area contributed by atoms with Gasteiger partial charge in [-0.25, -0.2) is 0 Å². The second-order valence-corrected chi connectivity index (χ2v) is 8.66. The molecule has 1 aromatic rings. The van der Waals surface area contributed by atoms with Crippen LogP contribution in [0.25, 0.3) is 0 Å². The van der Waals surface area contributed by atoms with Crippen LogP contribution < -0.4 is 0 Å². The number of aliphatic hydroxyl groups is 5. The Morgan fingerprint density at radius 1 is 1.29 bits per heavy atom. The highest BCUT2D eigenvalue weighted by Gasteiger charge is 2.50. The lowest BCUT2D eigenvalue weighted by Gasteiger charge is -2.22. The van der Waals surface area contributed by atoms with Gasteiger partial charge < -0.3 is 30.3 Å². The van der Waals surface area contributed by atoms with Gasteiger partial charge in [0, 0.05) is 15.9 Å². The van der Waals surface area contributed by atoms with Gasteiger partial charge in [-0.05, 0) is 17.7 Å². The molecule has 0 spiro atoms. The summed E-state index contributed by atoms with van der Waals surface area (Å²) in [5.74, 6) is 0.579. The van der Waals surface area contributed by atoms with Crippen LogP contribution in [0, 0.1) is 0 Å². The third kappa shape index (κ3) is 5.06. The lowest BCUT2D eigenvalue weighted by molar-refractivity contribution is -0.0623. The molecule has 1 fully saturated rings. The van der Waals surface area contributed by atoms with Crippen molar-refractivity contribution in [3.63, 3.8) is 0 Å². The van der Waals surface area contributed by atoms with Crippen molar-refractivity contribution in [3.8, 4) is 0 Å². The van der Waals surface area contributed by atoms with Gasteiger partial charge in [-0.1, -0.05) is 23.7 Å². The van der Waals surface area contributed by atoms with E-state index in [9.17, 15) is 25.5 Å². The average Bonchev–Trinajstić information content (AvgIpc) is 2.81.